The number of carbonyl (C=O) groups is 1. The number of rotatable bonds is 11. The third kappa shape index (κ3) is 5.66. The fourth-order valence-corrected chi connectivity index (χ4v) is 3.54. The van der Waals surface area contributed by atoms with Gasteiger partial charge in [-0.2, -0.15) is 0 Å². The maximum absolute atomic E-state index is 11.5. The lowest BCUT2D eigenvalue weighted by Crippen LogP contribution is -2.21. The summed E-state index contributed by atoms with van der Waals surface area (Å²) in [7, 11) is 3.27. The Balaban J connectivity index is 1.95. The number of benzene rings is 2. The fourth-order valence-electron chi connectivity index (χ4n) is 3.54. The Morgan fingerprint density at radius 1 is 1.09 bits per heavy atom. The summed E-state index contributed by atoms with van der Waals surface area (Å²) in [5, 5.41) is 3.64. The van der Waals surface area contributed by atoms with E-state index in [2.05, 4.69) is 28.2 Å². The van der Waals surface area contributed by atoms with Gasteiger partial charge >= 0.3 is 0 Å². The predicted molar refractivity (Wildman–Crippen MR) is 128 cm³/mol. The molecule has 1 heterocycles. The normalized spacial score (nSPS) is 10.8. The van der Waals surface area contributed by atoms with E-state index >= 15 is 0 Å². The number of aryl methyl sites for hydroxylation is 1. The lowest BCUT2D eigenvalue weighted by Gasteiger charge is -2.26. The average Bonchev–Trinajstić information content (AvgIpc) is 2.81. The van der Waals surface area contributed by atoms with Gasteiger partial charge in [-0.1, -0.05) is 25.5 Å². The van der Waals surface area contributed by atoms with Gasteiger partial charge in [0.15, 0.2) is 11.5 Å². The minimum atomic E-state index is 0.00562. The standard InChI is InChI=1S/C25H32N4O3/c1-5-6-15-29(25-20-10-7-8-11-21(20)27-18(2)28-25)19-13-14-22(31-4)23(17-19)32-16-9-12-24(30)26-3/h7-8,10-11,13-14,17H,5-6,9,12,15-16H2,1-4H3,(H,26,30). The van der Waals surface area contributed by atoms with Crippen molar-refractivity contribution >= 4 is 28.3 Å². The number of carbonyl (C=O) groups excluding carboxylic acids is 1. The number of hydrogen-bond acceptors (Lipinski definition) is 6. The molecule has 0 aliphatic heterocycles. The Hall–Kier alpha value is -3.35. The van der Waals surface area contributed by atoms with Gasteiger partial charge in [0, 0.05) is 37.2 Å². The van der Waals surface area contributed by atoms with Gasteiger partial charge in [0.05, 0.1) is 19.2 Å². The van der Waals surface area contributed by atoms with Gasteiger partial charge in [0.1, 0.15) is 11.6 Å². The highest BCUT2D eigenvalue weighted by atomic mass is 16.5. The molecule has 0 saturated heterocycles. The Morgan fingerprint density at radius 2 is 1.91 bits per heavy atom. The van der Waals surface area contributed by atoms with Gasteiger partial charge in [0.25, 0.3) is 0 Å². The molecule has 0 unspecified atom stereocenters. The van der Waals surface area contributed by atoms with E-state index in [0.29, 0.717) is 30.9 Å². The van der Waals surface area contributed by atoms with Gasteiger partial charge in [-0.3, -0.25) is 4.79 Å². The van der Waals surface area contributed by atoms with Crippen LogP contribution in [0.1, 0.15) is 38.4 Å². The van der Waals surface area contributed by atoms with Gasteiger partial charge in [-0.05, 0) is 44.0 Å². The Bertz CT molecular complexity index is 1050. The summed E-state index contributed by atoms with van der Waals surface area (Å²) in [5.41, 5.74) is 1.90. The molecular formula is C25H32N4O3. The third-order valence-electron chi connectivity index (χ3n) is 5.23. The first-order chi connectivity index (χ1) is 15.6. The maximum Gasteiger partial charge on any atom is 0.219 e. The van der Waals surface area contributed by atoms with E-state index in [0.717, 1.165) is 47.6 Å². The number of nitrogens with zero attached hydrogens (tertiary/aromatic N) is 3. The van der Waals surface area contributed by atoms with Crippen LogP contribution in [0.3, 0.4) is 0 Å². The quantitative estimate of drug-likeness (QED) is 0.436. The number of ether oxygens (including phenoxy) is 2. The van der Waals surface area contributed by atoms with E-state index < -0.39 is 0 Å². The number of fused-ring (bicyclic) bond motifs is 1. The minimum Gasteiger partial charge on any atom is -0.493 e. The lowest BCUT2D eigenvalue weighted by atomic mass is 10.1. The monoisotopic (exact) mass is 436 g/mol. The predicted octanol–water partition coefficient (Wildman–Crippen LogP) is 4.79. The van der Waals surface area contributed by atoms with E-state index in [9.17, 15) is 4.79 Å². The van der Waals surface area contributed by atoms with Crippen LogP contribution in [-0.4, -0.2) is 43.2 Å². The van der Waals surface area contributed by atoms with Crippen LogP contribution < -0.4 is 19.7 Å². The molecule has 32 heavy (non-hydrogen) atoms. The van der Waals surface area contributed by atoms with Crippen molar-refractivity contribution in [3.8, 4) is 11.5 Å². The highest BCUT2D eigenvalue weighted by Crippen LogP contribution is 2.36. The van der Waals surface area contributed by atoms with Crippen LogP contribution in [0, 0.1) is 6.92 Å². The maximum atomic E-state index is 11.5. The molecule has 0 bridgehead atoms. The first-order valence-electron chi connectivity index (χ1n) is 11.1. The molecule has 0 aliphatic rings. The van der Waals surface area contributed by atoms with Crippen LogP contribution in [0.15, 0.2) is 42.5 Å². The van der Waals surface area contributed by atoms with E-state index in [4.69, 9.17) is 14.5 Å². The highest BCUT2D eigenvalue weighted by molar-refractivity contribution is 5.91. The molecule has 1 N–H and O–H groups in total. The van der Waals surface area contributed by atoms with E-state index in [1.165, 1.54) is 0 Å². The average molecular weight is 437 g/mol. The number of unbranched alkanes of at least 4 members (excludes halogenated alkanes) is 1. The van der Waals surface area contributed by atoms with Crippen molar-refractivity contribution in [1.82, 2.24) is 15.3 Å². The fraction of sp³-hybridized carbons (Fsp3) is 0.400. The zero-order valence-corrected chi connectivity index (χ0v) is 19.4. The Labute approximate surface area is 189 Å². The summed E-state index contributed by atoms with van der Waals surface area (Å²) >= 11 is 0. The smallest absolute Gasteiger partial charge is 0.219 e. The molecule has 0 spiro atoms. The molecule has 0 fully saturated rings. The first-order valence-corrected chi connectivity index (χ1v) is 11.1. The van der Waals surface area contributed by atoms with E-state index in [1.54, 1.807) is 14.2 Å². The van der Waals surface area contributed by atoms with Gasteiger partial charge in [-0.25, -0.2) is 9.97 Å². The van der Waals surface area contributed by atoms with Crippen molar-refractivity contribution < 1.29 is 14.3 Å². The second kappa shape index (κ2) is 11.3. The summed E-state index contributed by atoms with van der Waals surface area (Å²) in [5.74, 6) is 2.94. The zero-order valence-electron chi connectivity index (χ0n) is 19.4. The van der Waals surface area contributed by atoms with Crippen molar-refractivity contribution in [2.75, 3.05) is 32.2 Å². The number of methoxy groups -OCH3 is 1. The van der Waals surface area contributed by atoms with Crippen molar-refractivity contribution in [3.63, 3.8) is 0 Å². The van der Waals surface area contributed by atoms with E-state index in [-0.39, 0.29) is 5.91 Å². The summed E-state index contributed by atoms with van der Waals surface area (Å²) < 4.78 is 11.5. The van der Waals surface area contributed by atoms with Crippen LogP contribution in [0.4, 0.5) is 11.5 Å². The third-order valence-corrected chi connectivity index (χ3v) is 5.23. The molecule has 0 radical (unpaired) electrons. The summed E-state index contributed by atoms with van der Waals surface area (Å²) in [4.78, 5) is 23.1. The van der Waals surface area contributed by atoms with Crippen molar-refractivity contribution in [3.05, 3.63) is 48.3 Å². The molecule has 170 valence electrons. The number of nitrogens with one attached hydrogen (secondary N) is 1. The lowest BCUT2D eigenvalue weighted by molar-refractivity contribution is -0.120. The number of hydrogen-bond donors (Lipinski definition) is 1. The molecule has 3 rings (SSSR count). The number of para-hydroxylation sites is 1. The van der Waals surface area contributed by atoms with Crippen molar-refractivity contribution in [2.24, 2.45) is 0 Å². The van der Waals surface area contributed by atoms with Gasteiger partial charge in [-0.15, -0.1) is 0 Å². The number of amides is 1. The molecule has 0 saturated carbocycles. The van der Waals surface area contributed by atoms with Crippen LogP contribution >= 0.6 is 0 Å². The van der Waals surface area contributed by atoms with E-state index in [1.807, 2.05) is 43.3 Å². The second-order valence-electron chi connectivity index (χ2n) is 7.58. The number of aromatic nitrogens is 2. The van der Waals surface area contributed by atoms with Crippen LogP contribution in [0.2, 0.25) is 0 Å². The molecule has 1 aromatic heterocycles. The summed E-state index contributed by atoms with van der Waals surface area (Å²) in [6.07, 6.45) is 3.14. The van der Waals surface area contributed by atoms with Gasteiger partial charge in [0.2, 0.25) is 5.91 Å². The topological polar surface area (TPSA) is 76.6 Å². The molecule has 7 heteroatoms. The molecule has 7 nitrogen and oxygen atoms in total. The Morgan fingerprint density at radius 3 is 2.66 bits per heavy atom. The van der Waals surface area contributed by atoms with Crippen LogP contribution in [-0.2, 0) is 4.79 Å². The van der Waals surface area contributed by atoms with Gasteiger partial charge < -0.3 is 19.7 Å². The molecule has 1 amide bonds. The number of anilines is 2. The SMILES string of the molecule is CCCCN(c1ccc(OC)c(OCCCC(=O)NC)c1)c1nc(C)nc2ccccc12. The summed E-state index contributed by atoms with van der Waals surface area (Å²) in [6, 6.07) is 14.0. The Kier molecular flexibility index (Phi) is 8.25. The van der Waals surface area contributed by atoms with Crippen molar-refractivity contribution in [1.29, 1.82) is 0 Å². The minimum absolute atomic E-state index is 0.00562. The molecule has 2 aromatic carbocycles. The van der Waals surface area contributed by atoms with Crippen LogP contribution in [0.5, 0.6) is 11.5 Å². The molecule has 0 aliphatic carbocycles. The highest BCUT2D eigenvalue weighted by Gasteiger charge is 2.17. The second-order valence-corrected chi connectivity index (χ2v) is 7.58. The largest absolute Gasteiger partial charge is 0.493 e. The molecule has 3 aromatic rings. The molecule has 0 atom stereocenters. The molecular weight excluding hydrogens is 404 g/mol. The first kappa shape index (κ1) is 23.3. The van der Waals surface area contributed by atoms with Crippen LogP contribution in [0.25, 0.3) is 10.9 Å². The zero-order chi connectivity index (χ0) is 22.9. The summed E-state index contributed by atoms with van der Waals surface area (Å²) in [6.45, 7) is 5.34. The van der Waals surface area contributed by atoms with Crippen molar-refractivity contribution in [2.45, 2.75) is 39.5 Å².